The molecule has 0 aliphatic heterocycles. The highest BCUT2D eigenvalue weighted by atomic mass is 35.5. The molecule has 2 aromatic carbocycles. The minimum Gasteiger partial charge on any atom is -0.496 e. The number of nitrogens with one attached hydrogen (secondary N) is 1. The second kappa shape index (κ2) is 9.04. The van der Waals surface area contributed by atoms with Gasteiger partial charge < -0.3 is 15.4 Å². The number of hydrogen-bond acceptors (Lipinski definition) is 2. The summed E-state index contributed by atoms with van der Waals surface area (Å²) >= 11 is 11.8. The maximum Gasteiger partial charge on any atom is 0.275 e. The Morgan fingerprint density at radius 3 is 2.72 bits per heavy atom. The summed E-state index contributed by atoms with van der Waals surface area (Å²) in [7, 11) is 1.59. The first-order valence-corrected chi connectivity index (χ1v) is 8.54. The maximum atomic E-state index is 13.6. The van der Waals surface area contributed by atoms with E-state index in [2.05, 4.69) is 5.32 Å². The Morgan fingerprint density at radius 2 is 2.00 bits per heavy atom. The summed E-state index contributed by atoms with van der Waals surface area (Å²) in [4.78, 5) is 12.0. The summed E-state index contributed by atoms with van der Waals surface area (Å²) in [6.45, 7) is 2.42. The smallest absolute Gasteiger partial charge is 0.275 e. The van der Waals surface area contributed by atoms with E-state index < -0.39 is 5.82 Å². The third-order valence-electron chi connectivity index (χ3n) is 3.86. The molecule has 0 spiro atoms. The average Bonchev–Trinajstić information content (AvgIpc) is 2.61. The molecule has 1 atom stereocenters. The Labute approximate surface area is 156 Å². The highest BCUT2D eigenvalue weighted by Crippen LogP contribution is 2.27. The van der Waals surface area contributed by atoms with Crippen LogP contribution in [0.2, 0.25) is 10.0 Å². The molecule has 0 saturated carbocycles. The maximum absolute atomic E-state index is 13.6. The molecule has 0 bridgehead atoms. The van der Waals surface area contributed by atoms with Gasteiger partial charge in [-0.2, -0.15) is 0 Å². The zero-order chi connectivity index (χ0) is 18.4. The fourth-order valence-electron chi connectivity index (χ4n) is 2.41. The van der Waals surface area contributed by atoms with E-state index in [-0.39, 0.29) is 23.5 Å². The number of ether oxygens (including phenoxy) is 1. The molecule has 0 aromatic heterocycles. The number of rotatable bonds is 7. The fourth-order valence-corrected chi connectivity index (χ4v) is 2.97. The first-order chi connectivity index (χ1) is 11.9. The van der Waals surface area contributed by atoms with Gasteiger partial charge in [-0.15, -0.1) is 0 Å². The summed E-state index contributed by atoms with van der Waals surface area (Å²) in [5, 5.41) is 4.98. The monoisotopic (exact) mass is 385 g/mol. The summed E-state index contributed by atoms with van der Waals surface area (Å²) in [5.74, 6) is 0.0637. The summed E-state index contributed by atoms with van der Waals surface area (Å²) in [6.07, 6.45) is 0. The van der Waals surface area contributed by atoms with Gasteiger partial charge >= 0.3 is 0 Å². The molecule has 2 aromatic rings. The lowest BCUT2D eigenvalue weighted by atomic mass is 10.1. The molecule has 25 heavy (non-hydrogen) atoms. The van der Waals surface area contributed by atoms with Crippen LogP contribution in [0.1, 0.15) is 24.1 Å². The standard InChI is InChI=1S/C18H19Cl2FN2O2/c1-11(13-7-16(21)15(20)8-14(13)19)22-10-18(24)23-9-12-5-3-4-6-17(12)25-2/h3-8,11,22H,9-10H2,1-2H3,(H,23,24)/p+1/t11-/m1/s1. The number of benzene rings is 2. The van der Waals surface area contributed by atoms with E-state index in [0.29, 0.717) is 17.1 Å². The van der Waals surface area contributed by atoms with Crippen molar-refractivity contribution < 1.29 is 19.2 Å². The van der Waals surface area contributed by atoms with Gasteiger partial charge in [-0.1, -0.05) is 41.4 Å². The number of carbonyl (C=O) groups excluding carboxylic acids is 1. The van der Waals surface area contributed by atoms with Crippen LogP contribution in [0.25, 0.3) is 0 Å². The Hall–Kier alpha value is -1.82. The van der Waals surface area contributed by atoms with E-state index in [9.17, 15) is 9.18 Å². The normalized spacial score (nSPS) is 11.9. The van der Waals surface area contributed by atoms with Crippen molar-refractivity contribution in [1.82, 2.24) is 5.32 Å². The minimum atomic E-state index is -0.526. The zero-order valence-electron chi connectivity index (χ0n) is 14.0. The molecule has 7 heteroatoms. The fraction of sp³-hybridized carbons (Fsp3) is 0.278. The van der Waals surface area contributed by atoms with Crippen molar-refractivity contribution in [3.05, 3.63) is 63.4 Å². The van der Waals surface area contributed by atoms with Crippen molar-refractivity contribution in [3.63, 3.8) is 0 Å². The van der Waals surface area contributed by atoms with E-state index in [1.165, 1.54) is 12.1 Å². The molecule has 0 radical (unpaired) electrons. The Balaban J connectivity index is 1.88. The first-order valence-electron chi connectivity index (χ1n) is 7.78. The molecule has 0 fully saturated rings. The number of nitrogens with two attached hydrogens (primary N) is 1. The number of para-hydroxylation sites is 1. The van der Waals surface area contributed by atoms with Crippen molar-refractivity contribution in [2.75, 3.05) is 13.7 Å². The van der Waals surface area contributed by atoms with Crippen LogP contribution in [-0.2, 0) is 11.3 Å². The third-order valence-corrected chi connectivity index (χ3v) is 4.47. The van der Waals surface area contributed by atoms with Crippen LogP contribution in [-0.4, -0.2) is 19.6 Å². The van der Waals surface area contributed by atoms with Crippen molar-refractivity contribution >= 4 is 29.1 Å². The van der Waals surface area contributed by atoms with Crippen LogP contribution in [0, 0.1) is 5.82 Å². The van der Waals surface area contributed by atoms with E-state index in [4.69, 9.17) is 27.9 Å². The van der Waals surface area contributed by atoms with Gasteiger partial charge in [0.2, 0.25) is 0 Å². The molecule has 0 saturated heterocycles. The third kappa shape index (κ3) is 5.33. The predicted molar refractivity (Wildman–Crippen MR) is 96.5 cm³/mol. The lowest BCUT2D eigenvalue weighted by Crippen LogP contribution is -2.87. The highest BCUT2D eigenvalue weighted by Gasteiger charge is 2.17. The second-order valence-corrected chi connectivity index (χ2v) is 6.42. The first kappa shape index (κ1) is 19.5. The van der Waals surface area contributed by atoms with Gasteiger partial charge in [0.15, 0.2) is 6.54 Å². The van der Waals surface area contributed by atoms with Gasteiger partial charge in [-0.3, -0.25) is 4.79 Å². The second-order valence-electron chi connectivity index (χ2n) is 5.60. The van der Waals surface area contributed by atoms with E-state index in [1.54, 1.807) is 12.4 Å². The van der Waals surface area contributed by atoms with E-state index in [0.717, 1.165) is 11.3 Å². The minimum absolute atomic E-state index is 0.0181. The summed E-state index contributed by atoms with van der Waals surface area (Å²) in [6, 6.07) is 9.98. The van der Waals surface area contributed by atoms with Gasteiger partial charge in [-0.05, 0) is 25.1 Å². The molecule has 2 rings (SSSR count). The van der Waals surface area contributed by atoms with Gasteiger partial charge in [0.25, 0.3) is 5.91 Å². The van der Waals surface area contributed by atoms with E-state index in [1.807, 2.05) is 31.2 Å². The topological polar surface area (TPSA) is 54.9 Å². The molecule has 0 heterocycles. The Morgan fingerprint density at radius 1 is 1.28 bits per heavy atom. The largest absolute Gasteiger partial charge is 0.496 e. The van der Waals surface area contributed by atoms with Crippen LogP contribution < -0.4 is 15.4 Å². The lowest BCUT2D eigenvalue weighted by molar-refractivity contribution is -0.682. The van der Waals surface area contributed by atoms with Crippen LogP contribution in [0.3, 0.4) is 0 Å². The van der Waals surface area contributed by atoms with Crippen molar-refractivity contribution in [2.24, 2.45) is 0 Å². The number of carbonyl (C=O) groups is 1. The quantitative estimate of drug-likeness (QED) is 0.719. The summed E-state index contributed by atoms with van der Waals surface area (Å²) in [5.41, 5.74) is 1.50. The molecule has 4 nitrogen and oxygen atoms in total. The van der Waals surface area contributed by atoms with Crippen LogP contribution in [0.15, 0.2) is 36.4 Å². The van der Waals surface area contributed by atoms with Gasteiger partial charge in [0.05, 0.1) is 17.2 Å². The van der Waals surface area contributed by atoms with Crippen molar-refractivity contribution in [1.29, 1.82) is 0 Å². The number of amides is 1. The van der Waals surface area contributed by atoms with Crippen LogP contribution >= 0.6 is 23.2 Å². The molecular formula is C18H20Cl2FN2O2+. The van der Waals surface area contributed by atoms with Crippen LogP contribution in [0.4, 0.5) is 4.39 Å². The van der Waals surface area contributed by atoms with Crippen LogP contribution in [0.5, 0.6) is 5.75 Å². The molecule has 0 unspecified atom stereocenters. The summed E-state index contributed by atoms with van der Waals surface area (Å²) < 4.78 is 18.9. The molecule has 134 valence electrons. The number of hydrogen-bond donors (Lipinski definition) is 2. The number of halogens is 3. The lowest BCUT2D eigenvalue weighted by Gasteiger charge is -2.14. The van der Waals surface area contributed by atoms with Crippen molar-refractivity contribution in [3.8, 4) is 5.75 Å². The van der Waals surface area contributed by atoms with Gasteiger partial charge in [0, 0.05) is 17.7 Å². The molecular weight excluding hydrogens is 366 g/mol. The number of quaternary nitrogens is 1. The number of methoxy groups -OCH3 is 1. The Bertz CT molecular complexity index is 756. The Kier molecular flexibility index (Phi) is 7.05. The predicted octanol–water partition coefficient (Wildman–Crippen LogP) is 3.08. The molecule has 0 aliphatic carbocycles. The molecule has 1 amide bonds. The zero-order valence-corrected chi connectivity index (χ0v) is 15.5. The van der Waals surface area contributed by atoms with Crippen molar-refractivity contribution in [2.45, 2.75) is 19.5 Å². The van der Waals surface area contributed by atoms with Gasteiger partial charge in [-0.25, -0.2) is 4.39 Å². The van der Waals surface area contributed by atoms with Gasteiger partial charge in [0.1, 0.15) is 17.6 Å². The molecule has 3 N–H and O–H groups in total. The highest BCUT2D eigenvalue weighted by molar-refractivity contribution is 6.35. The molecule has 0 aliphatic rings. The SMILES string of the molecule is COc1ccccc1CNC(=O)C[NH2+][C@H](C)c1cc(F)c(Cl)cc1Cl. The average molecular weight is 386 g/mol. The van der Waals surface area contributed by atoms with E-state index >= 15 is 0 Å².